The maximum Gasteiger partial charge on any atom is 0.267 e. The van der Waals surface area contributed by atoms with Crippen molar-refractivity contribution in [1.29, 1.82) is 0 Å². The van der Waals surface area contributed by atoms with Gasteiger partial charge in [0.15, 0.2) is 5.82 Å². The molecule has 0 aromatic carbocycles. The van der Waals surface area contributed by atoms with Gasteiger partial charge in [-0.15, -0.1) is 0 Å². The van der Waals surface area contributed by atoms with Crippen LogP contribution in [0, 0.1) is 0 Å². The molecule has 4 rings (SSSR count). The van der Waals surface area contributed by atoms with E-state index >= 15 is 0 Å². The standard InChI is InChI=1S/C17H24N6O2S/c24-14-6-3-5-13(14)23-17(25)8-7-16(20-23)22-9-2-1-4-12(22)10-18-15-11-19-26-21-15/h7-8,11-14,24H,1-6,9-10H2,(H,18,21). The quantitative estimate of drug-likeness (QED) is 0.819. The highest BCUT2D eigenvalue weighted by atomic mass is 32.1. The van der Waals surface area contributed by atoms with Crippen molar-refractivity contribution in [3.8, 4) is 0 Å². The molecule has 3 unspecified atom stereocenters. The van der Waals surface area contributed by atoms with Crippen LogP contribution in [-0.2, 0) is 0 Å². The lowest BCUT2D eigenvalue weighted by atomic mass is 10.0. The molecule has 2 N–H and O–H groups in total. The maximum atomic E-state index is 12.3. The van der Waals surface area contributed by atoms with E-state index in [0.717, 1.165) is 56.8 Å². The lowest BCUT2D eigenvalue weighted by molar-refractivity contribution is 0.127. The molecule has 0 bridgehead atoms. The van der Waals surface area contributed by atoms with Crippen LogP contribution in [-0.4, -0.2) is 48.9 Å². The monoisotopic (exact) mass is 376 g/mol. The Kier molecular flexibility index (Phi) is 5.16. The fraction of sp³-hybridized carbons (Fsp3) is 0.647. The number of piperidine rings is 1. The van der Waals surface area contributed by atoms with Crippen LogP contribution in [0.4, 0.5) is 11.6 Å². The average molecular weight is 376 g/mol. The van der Waals surface area contributed by atoms with Crippen molar-refractivity contribution in [1.82, 2.24) is 18.5 Å². The average Bonchev–Trinajstić information content (AvgIpc) is 3.32. The molecule has 9 heteroatoms. The van der Waals surface area contributed by atoms with Gasteiger partial charge in [-0.2, -0.15) is 13.8 Å². The Morgan fingerprint density at radius 3 is 2.92 bits per heavy atom. The molecular weight excluding hydrogens is 352 g/mol. The predicted octanol–water partition coefficient (Wildman–Crippen LogP) is 1.65. The molecular formula is C17H24N6O2S. The van der Waals surface area contributed by atoms with Crippen molar-refractivity contribution >= 4 is 23.4 Å². The zero-order valence-corrected chi connectivity index (χ0v) is 15.4. The lowest BCUT2D eigenvalue weighted by Crippen LogP contribution is -2.45. The second-order valence-corrected chi connectivity index (χ2v) is 7.61. The van der Waals surface area contributed by atoms with Crippen LogP contribution >= 0.6 is 11.7 Å². The summed E-state index contributed by atoms with van der Waals surface area (Å²) in [5.74, 6) is 1.61. The molecule has 8 nitrogen and oxygen atoms in total. The Morgan fingerprint density at radius 2 is 2.15 bits per heavy atom. The number of anilines is 2. The van der Waals surface area contributed by atoms with Gasteiger partial charge >= 0.3 is 0 Å². The second-order valence-electron chi connectivity index (χ2n) is 7.06. The molecule has 1 saturated heterocycles. The summed E-state index contributed by atoms with van der Waals surface area (Å²) < 4.78 is 9.71. The molecule has 1 aliphatic carbocycles. The minimum absolute atomic E-state index is 0.139. The van der Waals surface area contributed by atoms with Crippen LogP contribution in [0.2, 0.25) is 0 Å². The first-order valence-corrected chi connectivity index (χ1v) is 10.0. The predicted molar refractivity (Wildman–Crippen MR) is 101 cm³/mol. The van der Waals surface area contributed by atoms with Gasteiger partial charge in [0.2, 0.25) is 0 Å². The summed E-state index contributed by atoms with van der Waals surface area (Å²) in [5, 5.41) is 18.2. The topological polar surface area (TPSA) is 96.2 Å². The van der Waals surface area contributed by atoms with Gasteiger partial charge in [-0.05, 0) is 44.6 Å². The highest BCUT2D eigenvalue weighted by Gasteiger charge is 2.30. The molecule has 0 radical (unpaired) electrons. The number of aliphatic hydroxyl groups excluding tert-OH is 1. The van der Waals surface area contributed by atoms with Crippen LogP contribution in [0.15, 0.2) is 23.1 Å². The number of hydrogen-bond acceptors (Lipinski definition) is 8. The molecule has 3 atom stereocenters. The molecule has 0 spiro atoms. The zero-order chi connectivity index (χ0) is 17.9. The van der Waals surface area contributed by atoms with Crippen molar-refractivity contribution in [3.05, 3.63) is 28.7 Å². The first-order chi connectivity index (χ1) is 12.7. The lowest BCUT2D eigenvalue weighted by Gasteiger charge is -2.37. The number of hydrogen-bond donors (Lipinski definition) is 2. The summed E-state index contributed by atoms with van der Waals surface area (Å²) in [6, 6.07) is 3.47. The van der Waals surface area contributed by atoms with E-state index in [1.54, 1.807) is 12.3 Å². The number of nitrogens with one attached hydrogen (secondary N) is 1. The Bertz CT molecular complexity index is 780. The summed E-state index contributed by atoms with van der Waals surface area (Å²) in [7, 11) is 0. The van der Waals surface area contributed by atoms with Crippen molar-refractivity contribution in [2.24, 2.45) is 0 Å². The first-order valence-electron chi connectivity index (χ1n) is 9.28. The summed E-state index contributed by atoms with van der Waals surface area (Å²) in [6.45, 7) is 1.68. The number of nitrogens with zero attached hydrogens (tertiary/aromatic N) is 5. The van der Waals surface area contributed by atoms with Gasteiger partial charge in [-0.1, -0.05) is 0 Å². The molecule has 2 aliphatic rings. The Labute approximate surface area is 156 Å². The van der Waals surface area contributed by atoms with E-state index in [1.165, 1.54) is 22.8 Å². The van der Waals surface area contributed by atoms with Crippen molar-refractivity contribution in [2.45, 2.75) is 56.7 Å². The van der Waals surface area contributed by atoms with Crippen LogP contribution in [0.25, 0.3) is 0 Å². The van der Waals surface area contributed by atoms with Gasteiger partial charge in [0.25, 0.3) is 5.56 Å². The zero-order valence-electron chi connectivity index (χ0n) is 14.6. The third-order valence-electron chi connectivity index (χ3n) is 5.37. The Hall–Kier alpha value is -2.00. The van der Waals surface area contributed by atoms with Gasteiger partial charge < -0.3 is 15.3 Å². The molecule has 140 valence electrons. The fourth-order valence-electron chi connectivity index (χ4n) is 3.99. The van der Waals surface area contributed by atoms with Gasteiger partial charge in [0.05, 0.1) is 30.1 Å². The highest BCUT2D eigenvalue weighted by Crippen LogP contribution is 2.29. The van der Waals surface area contributed by atoms with Crippen molar-refractivity contribution in [3.63, 3.8) is 0 Å². The van der Waals surface area contributed by atoms with E-state index in [0.29, 0.717) is 0 Å². The number of aromatic nitrogens is 4. The van der Waals surface area contributed by atoms with Crippen LogP contribution < -0.4 is 15.8 Å². The number of aliphatic hydroxyl groups is 1. The molecule has 0 amide bonds. The summed E-state index contributed by atoms with van der Waals surface area (Å²) in [5.41, 5.74) is -0.139. The molecule has 1 saturated carbocycles. The summed E-state index contributed by atoms with van der Waals surface area (Å²) in [4.78, 5) is 14.6. The Morgan fingerprint density at radius 1 is 1.23 bits per heavy atom. The van der Waals surface area contributed by atoms with Crippen molar-refractivity contribution in [2.75, 3.05) is 23.3 Å². The molecule has 2 aromatic rings. The fourth-order valence-corrected chi connectivity index (χ4v) is 4.39. The number of rotatable bonds is 5. The van der Waals surface area contributed by atoms with Gasteiger partial charge in [0, 0.05) is 25.2 Å². The SMILES string of the molecule is O=c1ccc(N2CCCCC2CNc2cnsn2)nn1C1CCCC1O. The summed E-state index contributed by atoms with van der Waals surface area (Å²) >= 11 is 1.19. The third kappa shape index (κ3) is 3.59. The van der Waals surface area contributed by atoms with E-state index in [1.807, 2.05) is 6.07 Å². The molecule has 3 heterocycles. The van der Waals surface area contributed by atoms with Crippen LogP contribution in [0.1, 0.15) is 44.6 Å². The smallest absolute Gasteiger partial charge is 0.267 e. The minimum Gasteiger partial charge on any atom is -0.391 e. The second kappa shape index (κ2) is 7.71. The van der Waals surface area contributed by atoms with Crippen LogP contribution in [0.5, 0.6) is 0 Å². The van der Waals surface area contributed by atoms with Crippen molar-refractivity contribution < 1.29 is 5.11 Å². The van der Waals surface area contributed by atoms with E-state index < -0.39 is 6.10 Å². The van der Waals surface area contributed by atoms with Gasteiger partial charge in [0.1, 0.15) is 5.82 Å². The summed E-state index contributed by atoms with van der Waals surface area (Å²) in [6.07, 6.45) is 7.09. The van der Waals surface area contributed by atoms with Gasteiger partial charge in [-0.25, -0.2) is 4.68 Å². The molecule has 2 aromatic heterocycles. The largest absolute Gasteiger partial charge is 0.391 e. The van der Waals surface area contributed by atoms with E-state index in [2.05, 4.69) is 24.1 Å². The molecule has 2 fully saturated rings. The van der Waals surface area contributed by atoms with E-state index in [4.69, 9.17) is 0 Å². The van der Waals surface area contributed by atoms with Crippen LogP contribution in [0.3, 0.4) is 0 Å². The van der Waals surface area contributed by atoms with Gasteiger partial charge in [-0.3, -0.25) is 4.79 Å². The van der Waals surface area contributed by atoms with E-state index in [9.17, 15) is 9.90 Å². The van der Waals surface area contributed by atoms with E-state index in [-0.39, 0.29) is 17.6 Å². The molecule has 26 heavy (non-hydrogen) atoms. The first kappa shape index (κ1) is 17.4. The third-order valence-corrected chi connectivity index (χ3v) is 5.85. The highest BCUT2D eigenvalue weighted by molar-refractivity contribution is 6.99. The molecule has 1 aliphatic heterocycles. The minimum atomic E-state index is -0.480. The Balaban J connectivity index is 1.55. The maximum absolute atomic E-state index is 12.3. The normalized spacial score (nSPS) is 26.2.